The molecule has 2 aromatic carbocycles. The van der Waals surface area contributed by atoms with Crippen molar-refractivity contribution < 1.29 is 23.5 Å². The average molecular weight is 391 g/mol. The Morgan fingerprint density at radius 1 is 1.00 bits per heavy atom. The zero-order valence-electron chi connectivity index (χ0n) is 16.0. The molecular weight excluding hydrogens is 370 g/mol. The maximum absolute atomic E-state index is 12.8. The van der Waals surface area contributed by atoms with Crippen LogP contribution in [-0.4, -0.2) is 25.6 Å². The summed E-state index contributed by atoms with van der Waals surface area (Å²) in [5, 5.41) is 2.64. The summed E-state index contributed by atoms with van der Waals surface area (Å²) in [5.41, 5.74) is 1.74. The fourth-order valence-electron chi connectivity index (χ4n) is 2.68. The maximum Gasteiger partial charge on any atom is 0.339 e. The van der Waals surface area contributed by atoms with Gasteiger partial charge in [-0.15, -0.1) is 0 Å². The minimum absolute atomic E-state index is 0.228. The lowest BCUT2D eigenvalue weighted by atomic mass is 10.0. The van der Waals surface area contributed by atoms with Gasteiger partial charge in [0.2, 0.25) is 0 Å². The molecule has 0 unspecified atom stereocenters. The second-order valence-electron chi connectivity index (χ2n) is 6.10. The molecule has 0 saturated carbocycles. The number of carbonyl (C=O) groups is 2. The number of carbonyl (C=O) groups excluding carboxylic acids is 2. The lowest BCUT2D eigenvalue weighted by Crippen LogP contribution is -2.28. The quantitative estimate of drug-likeness (QED) is 0.360. The summed E-state index contributed by atoms with van der Waals surface area (Å²) < 4.78 is 15.8. The highest BCUT2D eigenvalue weighted by Gasteiger charge is 2.16. The smallest absolute Gasteiger partial charge is 0.339 e. The van der Waals surface area contributed by atoms with Crippen LogP contribution < -0.4 is 10.1 Å². The van der Waals surface area contributed by atoms with Crippen LogP contribution in [0.5, 0.6) is 5.75 Å². The first kappa shape index (κ1) is 19.9. The van der Waals surface area contributed by atoms with Gasteiger partial charge in [-0.3, -0.25) is 4.79 Å². The summed E-state index contributed by atoms with van der Waals surface area (Å²) in [5.74, 6) is 0.227. The Labute approximate surface area is 168 Å². The van der Waals surface area contributed by atoms with Crippen LogP contribution in [0.15, 0.2) is 77.4 Å². The van der Waals surface area contributed by atoms with E-state index in [1.165, 1.54) is 6.26 Å². The second-order valence-corrected chi connectivity index (χ2v) is 6.10. The monoisotopic (exact) mass is 391 g/mol. The van der Waals surface area contributed by atoms with Crippen LogP contribution in [0.4, 0.5) is 0 Å². The van der Waals surface area contributed by atoms with E-state index in [0.717, 1.165) is 5.56 Å². The molecule has 1 N–H and O–H groups in total. The van der Waals surface area contributed by atoms with Crippen LogP contribution in [0.1, 0.15) is 16.9 Å². The van der Waals surface area contributed by atoms with Gasteiger partial charge < -0.3 is 19.2 Å². The highest BCUT2D eigenvalue weighted by atomic mass is 16.5. The van der Waals surface area contributed by atoms with E-state index in [1.807, 2.05) is 42.5 Å². The maximum atomic E-state index is 12.8. The summed E-state index contributed by atoms with van der Waals surface area (Å²) in [6.45, 7) is -0.165. The van der Waals surface area contributed by atoms with Crippen molar-refractivity contribution in [3.05, 3.63) is 89.9 Å². The molecule has 1 amide bonds. The van der Waals surface area contributed by atoms with Gasteiger partial charge in [0.05, 0.1) is 25.5 Å². The Morgan fingerprint density at radius 3 is 2.48 bits per heavy atom. The van der Waals surface area contributed by atoms with Crippen molar-refractivity contribution in [2.75, 3.05) is 13.7 Å². The number of esters is 1. The van der Waals surface area contributed by atoms with E-state index in [0.29, 0.717) is 22.6 Å². The molecule has 29 heavy (non-hydrogen) atoms. The zero-order chi connectivity index (χ0) is 20.5. The molecule has 6 nitrogen and oxygen atoms in total. The lowest BCUT2D eigenvalue weighted by Gasteiger charge is -2.11. The molecule has 148 valence electrons. The van der Waals surface area contributed by atoms with Gasteiger partial charge in [0.15, 0.2) is 6.61 Å². The molecule has 0 atom stereocenters. The van der Waals surface area contributed by atoms with Crippen LogP contribution in [0.3, 0.4) is 0 Å². The molecule has 0 aliphatic rings. The second kappa shape index (κ2) is 9.94. The normalized spacial score (nSPS) is 11.0. The van der Waals surface area contributed by atoms with Gasteiger partial charge in [-0.25, -0.2) is 4.79 Å². The van der Waals surface area contributed by atoms with Crippen molar-refractivity contribution in [3.63, 3.8) is 0 Å². The average Bonchev–Trinajstić information content (AvgIpc) is 3.29. The number of methoxy groups -OCH3 is 1. The zero-order valence-corrected chi connectivity index (χ0v) is 16.0. The highest BCUT2D eigenvalue weighted by molar-refractivity contribution is 6.22. The van der Waals surface area contributed by atoms with Crippen molar-refractivity contribution in [2.24, 2.45) is 0 Å². The standard InChI is InChI=1S/C23H21NO5/c1-27-21-12-6-5-10-18(21)14-20(17-8-3-2-4-9-17)23(26)29-16-22(25)24-15-19-11-7-13-28-19/h2-14H,15-16H2,1H3,(H,24,25)/b20-14+. The number of ether oxygens (including phenoxy) is 2. The number of nitrogens with one attached hydrogen (secondary N) is 1. The first-order chi connectivity index (χ1) is 14.2. The fraction of sp³-hybridized carbons (Fsp3) is 0.130. The number of para-hydroxylation sites is 1. The Hall–Kier alpha value is -3.80. The van der Waals surface area contributed by atoms with Crippen LogP contribution >= 0.6 is 0 Å². The Balaban J connectivity index is 1.73. The molecule has 1 aromatic heterocycles. The van der Waals surface area contributed by atoms with E-state index >= 15 is 0 Å². The number of amides is 1. The third-order valence-corrected chi connectivity index (χ3v) is 4.12. The van der Waals surface area contributed by atoms with Crippen LogP contribution in [-0.2, 0) is 20.9 Å². The molecule has 0 saturated heterocycles. The van der Waals surface area contributed by atoms with Gasteiger partial charge in [-0.1, -0.05) is 48.5 Å². The highest BCUT2D eigenvalue weighted by Crippen LogP contribution is 2.25. The Kier molecular flexibility index (Phi) is 6.84. The molecule has 0 aliphatic carbocycles. The van der Waals surface area contributed by atoms with Crippen molar-refractivity contribution >= 4 is 23.5 Å². The number of hydrogen-bond acceptors (Lipinski definition) is 5. The third kappa shape index (κ3) is 5.59. The van der Waals surface area contributed by atoms with Crippen molar-refractivity contribution in [3.8, 4) is 5.75 Å². The van der Waals surface area contributed by atoms with E-state index in [-0.39, 0.29) is 6.54 Å². The molecule has 0 bridgehead atoms. The van der Waals surface area contributed by atoms with Crippen molar-refractivity contribution in [1.82, 2.24) is 5.32 Å². The fourth-order valence-corrected chi connectivity index (χ4v) is 2.68. The van der Waals surface area contributed by atoms with Gasteiger partial charge in [-0.05, 0) is 29.8 Å². The Morgan fingerprint density at radius 2 is 1.76 bits per heavy atom. The van der Waals surface area contributed by atoms with Crippen molar-refractivity contribution in [2.45, 2.75) is 6.54 Å². The molecular formula is C23H21NO5. The predicted octanol–water partition coefficient (Wildman–Crippen LogP) is 3.69. The van der Waals surface area contributed by atoms with E-state index in [2.05, 4.69) is 5.32 Å². The van der Waals surface area contributed by atoms with Gasteiger partial charge in [0, 0.05) is 5.56 Å². The Bertz CT molecular complexity index is 978. The summed E-state index contributed by atoms with van der Waals surface area (Å²) in [6.07, 6.45) is 3.22. The minimum atomic E-state index is -0.602. The molecule has 1 heterocycles. The number of hydrogen-bond donors (Lipinski definition) is 1. The number of furan rings is 1. The van der Waals surface area contributed by atoms with Gasteiger partial charge in [0.1, 0.15) is 11.5 Å². The predicted molar refractivity (Wildman–Crippen MR) is 109 cm³/mol. The molecule has 6 heteroatoms. The summed E-state index contributed by atoms with van der Waals surface area (Å²) in [4.78, 5) is 24.7. The van der Waals surface area contributed by atoms with E-state index in [9.17, 15) is 9.59 Å². The largest absolute Gasteiger partial charge is 0.496 e. The summed E-state index contributed by atoms with van der Waals surface area (Å²) in [6, 6.07) is 19.9. The molecule has 3 aromatic rings. The van der Waals surface area contributed by atoms with Gasteiger partial charge in [0.25, 0.3) is 5.91 Å². The topological polar surface area (TPSA) is 77.8 Å². The molecule has 0 fully saturated rings. The van der Waals surface area contributed by atoms with Gasteiger partial charge in [-0.2, -0.15) is 0 Å². The molecule has 0 spiro atoms. The number of rotatable bonds is 8. The number of benzene rings is 2. The van der Waals surface area contributed by atoms with Gasteiger partial charge >= 0.3 is 5.97 Å². The molecule has 0 aliphatic heterocycles. The lowest BCUT2D eigenvalue weighted by molar-refractivity contribution is -0.142. The molecule has 0 radical (unpaired) electrons. The molecule has 3 rings (SSSR count). The first-order valence-electron chi connectivity index (χ1n) is 9.03. The summed E-state index contributed by atoms with van der Waals surface area (Å²) in [7, 11) is 1.57. The summed E-state index contributed by atoms with van der Waals surface area (Å²) >= 11 is 0. The SMILES string of the molecule is COc1ccccc1/C=C(/C(=O)OCC(=O)NCc1ccco1)c1ccccc1. The first-order valence-corrected chi connectivity index (χ1v) is 9.03. The van der Waals surface area contributed by atoms with Crippen LogP contribution in [0.2, 0.25) is 0 Å². The van der Waals surface area contributed by atoms with Crippen molar-refractivity contribution in [1.29, 1.82) is 0 Å². The van der Waals surface area contributed by atoms with E-state index in [4.69, 9.17) is 13.9 Å². The van der Waals surface area contributed by atoms with Crippen LogP contribution in [0.25, 0.3) is 11.6 Å². The minimum Gasteiger partial charge on any atom is -0.496 e. The van der Waals surface area contributed by atoms with E-state index < -0.39 is 18.5 Å². The van der Waals surface area contributed by atoms with Crippen LogP contribution in [0, 0.1) is 0 Å². The third-order valence-electron chi connectivity index (χ3n) is 4.12. The van der Waals surface area contributed by atoms with E-state index in [1.54, 1.807) is 37.5 Å².